The summed E-state index contributed by atoms with van der Waals surface area (Å²) in [6, 6.07) is 0.440. The minimum atomic E-state index is -0.169. The lowest BCUT2D eigenvalue weighted by molar-refractivity contribution is -0.125. The van der Waals surface area contributed by atoms with Gasteiger partial charge in [0.15, 0.2) is 0 Å². The lowest BCUT2D eigenvalue weighted by Crippen LogP contribution is -2.45. The Balaban J connectivity index is 1.70. The highest BCUT2D eigenvalue weighted by Crippen LogP contribution is 2.34. The van der Waals surface area contributed by atoms with Crippen LogP contribution >= 0.6 is 0 Å². The first-order chi connectivity index (χ1) is 8.63. The van der Waals surface area contributed by atoms with E-state index in [2.05, 4.69) is 12.2 Å². The first kappa shape index (κ1) is 13.8. The molecular formula is C14H26N2O2. The van der Waals surface area contributed by atoms with E-state index in [1.165, 1.54) is 12.8 Å². The SMILES string of the molecule is CC1CCCC(CN)(OCCC(=O)NC2CC2)C1. The highest BCUT2D eigenvalue weighted by molar-refractivity contribution is 5.76. The van der Waals surface area contributed by atoms with E-state index >= 15 is 0 Å². The Hall–Kier alpha value is -0.610. The predicted molar refractivity (Wildman–Crippen MR) is 71.2 cm³/mol. The van der Waals surface area contributed by atoms with Crippen LogP contribution in [0.3, 0.4) is 0 Å². The maximum atomic E-state index is 11.6. The van der Waals surface area contributed by atoms with Crippen molar-refractivity contribution in [2.75, 3.05) is 13.2 Å². The molecule has 0 aromatic rings. The van der Waals surface area contributed by atoms with Gasteiger partial charge < -0.3 is 15.8 Å². The fourth-order valence-electron chi connectivity index (χ4n) is 2.88. The summed E-state index contributed by atoms with van der Waals surface area (Å²) in [5, 5.41) is 2.98. The molecule has 0 heterocycles. The van der Waals surface area contributed by atoms with Crippen molar-refractivity contribution in [1.82, 2.24) is 5.32 Å². The van der Waals surface area contributed by atoms with E-state index in [4.69, 9.17) is 10.5 Å². The molecule has 0 spiro atoms. The molecule has 2 fully saturated rings. The van der Waals surface area contributed by atoms with Gasteiger partial charge in [-0.15, -0.1) is 0 Å². The summed E-state index contributed by atoms with van der Waals surface area (Å²) in [5.74, 6) is 0.802. The van der Waals surface area contributed by atoms with Crippen molar-refractivity contribution in [2.24, 2.45) is 11.7 Å². The van der Waals surface area contributed by atoms with Crippen LogP contribution in [0.15, 0.2) is 0 Å². The maximum Gasteiger partial charge on any atom is 0.222 e. The van der Waals surface area contributed by atoms with Gasteiger partial charge in [-0.2, -0.15) is 0 Å². The van der Waals surface area contributed by atoms with Crippen molar-refractivity contribution in [3.63, 3.8) is 0 Å². The number of nitrogens with two attached hydrogens (primary N) is 1. The van der Waals surface area contributed by atoms with Crippen LogP contribution in [-0.4, -0.2) is 30.7 Å². The zero-order chi connectivity index (χ0) is 13.0. The van der Waals surface area contributed by atoms with Crippen molar-refractivity contribution in [3.8, 4) is 0 Å². The van der Waals surface area contributed by atoms with Crippen LogP contribution < -0.4 is 11.1 Å². The standard InChI is InChI=1S/C14H26N2O2/c1-11-3-2-7-14(9-11,10-15)18-8-6-13(17)16-12-4-5-12/h11-12H,2-10,15H2,1H3,(H,16,17). The maximum absolute atomic E-state index is 11.6. The van der Waals surface area contributed by atoms with E-state index in [9.17, 15) is 4.79 Å². The summed E-state index contributed by atoms with van der Waals surface area (Å²) in [4.78, 5) is 11.6. The summed E-state index contributed by atoms with van der Waals surface area (Å²) >= 11 is 0. The molecule has 104 valence electrons. The third-order valence-corrected chi connectivity index (χ3v) is 4.10. The summed E-state index contributed by atoms with van der Waals surface area (Å²) in [6.07, 6.45) is 7.27. The van der Waals surface area contributed by atoms with Crippen molar-refractivity contribution in [2.45, 2.75) is 63.5 Å². The minimum Gasteiger partial charge on any atom is -0.373 e. The largest absolute Gasteiger partial charge is 0.373 e. The number of amides is 1. The molecule has 0 aromatic carbocycles. The van der Waals surface area contributed by atoms with Crippen LogP contribution in [0.5, 0.6) is 0 Å². The van der Waals surface area contributed by atoms with Gasteiger partial charge in [0.05, 0.1) is 12.2 Å². The third kappa shape index (κ3) is 3.95. The molecule has 2 rings (SSSR count). The van der Waals surface area contributed by atoms with Crippen molar-refractivity contribution in [1.29, 1.82) is 0 Å². The van der Waals surface area contributed by atoms with Crippen molar-refractivity contribution < 1.29 is 9.53 Å². The highest BCUT2D eigenvalue weighted by Gasteiger charge is 2.34. The van der Waals surface area contributed by atoms with Crippen molar-refractivity contribution in [3.05, 3.63) is 0 Å². The molecule has 2 atom stereocenters. The van der Waals surface area contributed by atoms with Gasteiger partial charge in [0.1, 0.15) is 0 Å². The fourth-order valence-corrected chi connectivity index (χ4v) is 2.88. The van der Waals surface area contributed by atoms with E-state index in [0.717, 1.165) is 25.7 Å². The number of carbonyl (C=O) groups is 1. The molecule has 4 heteroatoms. The van der Waals surface area contributed by atoms with Crippen LogP contribution in [0.2, 0.25) is 0 Å². The van der Waals surface area contributed by atoms with Gasteiger partial charge >= 0.3 is 0 Å². The fraction of sp³-hybridized carbons (Fsp3) is 0.929. The number of hydrogen-bond donors (Lipinski definition) is 2. The van der Waals surface area contributed by atoms with Gasteiger partial charge in [-0.1, -0.05) is 19.8 Å². The monoisotopic (exact) mass is 254 g/mol. The van der Waals surface area contributed by atoms with Gasteiger partial charge in [-0.3, -0.25) is 4.79 Å². The van der Waals surface area contributed by atoms with Crippen molar-refractivity contribution >= 4 is 5.91 Å². The average molecular weight is 254 g/mol. The first-order valence-corrected chi connectivity index (χ1v) is 7.27. The molecule has 3 N–H and O–H groups in total. The Morgan fingerprint density at radius 1 is 1.44 bits per heavy atom. The zero-order valence-corrected chi connectivity index (χ0v) is 11.4. The van der Waals surface area contributed by atoms with E-state index in [1.807, 2.05) is 0 Å². The van der Waals surface area contributed by atoms with Gasteiger partial charge in [0.25, 0.3) is 0 Å². The van der Waals surface area contributed by atoms with Crippen LogP contribution in [0, 0.1) is 5.92 Å². The Bertz CT molecular complexity index is 292. The van der Waals surface area contributed by atoms with E-state index in [1.54, 1.807) is 0 Å². The average Bonchev–Trinajstić information content (AvgIpc) is 3.13. The van der Waals surface area contributed by atoms with Crippen LogP contribution in [0.1, 0.15) is 51.9 Å². The Morgan fingerprint density at radius 3 is 2.83 bits per heavy atom. The molecule has 2 unspecified atom stereocenters. The van der Waals surface area contributed by atoms with E-state index < -0.39 is 0 Å². The number of rotatable bonds is 6. The third-order valence-electron chi connectivity index (χ3n) is 4.10. The molecule has 1 amide bonds. The highest BCUT2D eigenvalue weighted by atomic mass is 16.5. The summed E-state index contributed by atoms with van der Waals surface area (Å²) < 4.78 is 5.98. The minimum absolute atomic E-state index is 0.119. The molecule has 0 saturated heterocycles. The summed E-state index contributed by atoms with van der Waals surface area (Å²) in [7, 11) is 0. The van der Waals surface area contributed by atoms with Gasteiger partial charge in [0.2, 0.25) is 5.91 Å². The quantitative estimate of drug-likeness (QED) is 0.756. The molecule has 0 aliphatic heterocycles. The van der Waals surface area contributed by atoms with Gasteiger partial charge in [-0.05, 0) is 31.6 Å². The smallest absolute Gasteiger partial charge is 0.222 e. The lowest BCUT2D eigenvalue weighted by atomic mass is 9.79. The van der Waals surface area contributed by atoms with Crippen LogP contribution in [0.4, 0.5) is 0 Å². The molecular weight excluding hydrogens is 228 g/mol. The number of hydrogen-bond acceptors (Lipinski definition) is 3. The summed E-state index contributed by atoms with van der Waals surface area (Å²) in [5.41, 5.74) is 5.71. The lowest BCUT2D eigenvalue weighted by Gasteiger charge is -2.39. The predicted octanol–water partition coefficient (Wildman–Crippen LogP) is 1.58. The molecule has 2 aliphatic carbocycles. The molecule has 18 heavy (non-hydrogen) atoms. The van der Waals surface area contributed by atoms with E-state index in [0.29, 0.717) is 31.5 Å². The van der Waals surface area contributed by atoms with Crippen LogP contribution in [0.25, 0.3) is 0 Å². The second-order valence-corrected chi connectivity index (χ2v) is 6.03. The molecule has 0 radical (unpaired) electrons. The number of nitrogens with one attached hydrogen (secondary N) is 1. The Kier molecular flexibility index (Phi) is 4.62. The van der Waals surface area contributed by atoms with E-state index in [-0.39, 0.29) is 11.5 Å². The number of ether oxygens (including phenoxy) is 1. The second-order valence-electron chi connectivity index (χ2n) is 6.03. The topological polar surface area (TPSA) is 64.3 Å². The Labute approximate surface area is 110 Å². The molecule has 0 aromatic heterocycles. The second kappa shape index (κ2) is 6.02. The Morgan fingerprint density at radius 2 is 2.22 bits per heavy atom. The molecule has 2 aliphatic rings. The van der Waals surface area contributed by atoms with Crippen LogP contribution in [-0.2, 0) is 9.53 Å². The van der Waals surface area contributed by atoms with Gasteiger partial charge in [-0.25, -0.2) is 0 Å². The number of carbonyl (C=O) groups excluding carboxylic acids is 1. The molecule has 4 nitrogen and oxygen atoms in total. The summed E-state index contributed by atoms with van der Waals surface area (Å²) in [6.45, 7) is 3.33. The molecule has 2 saturated carbocycles. The normalized spacial score (nSPS) is 32.2. The first-order valence-electron chi connectivity index (χ1n) is 7.27. The van der Waals surface area contributed by atoms with Gasteiger partial charge in [0, 0.05) is 19.0 Å². The molecule has 0 bridgehead atoms. The zero-order valence-electron chi connectivity index (χ0n) is 11.4.